The van der Waals surface area contributed by atoms with Crippen molar-refractivity contribution in [3.05, 3.63) is 63.7 Å². The van der Waals surface area contributed by atoms with Crippen LogP contribution in [-0.2, 0) is 6.42 Å². The second kappa shape index (κ2) is 7.74. The Kier molecular flexibility index (Phi) is 5.47. The van der Waals surface area contributed by atoms with Gasteiger partial charge >= 0.3 is 5.69 Å². The number of ether oxygens (including phenoxy) is 1. The summed E-state index contributed by atoms with van der Waals surface area (Å²) in [6.07, 6.45) is 0.291. The minimum Gasteiger partial charge on any atom is -0.487 e. The highest BCUT2D eigenvalue weighted by molar-refractivity contribution is 6.04. The fourth-order valence-corrected chi connectivity index (χ4v) is 2.08. The molecular weight excluding hydrogens is 310 g/mol. The van der Waals surface area contributed by atoms with Crippen LogP contribution in [0.1, 0.15) is 22.8 Å². The molecule has 0 aliphatic heterocycles. The maximum absolute atomic E-state index is 12.2. The van der Waals surface area contributed by atoms with Crippen LogP contribution in [0.3, 0.4) is 0 Å². The number of hydrogen-bond donors (Lipinski definition) is 1. The first-order chi connectivity index (χ1) is 11.5. The predicted molar refractivity (Wildman–Crippen MR) is 88.0 cm³/mol. The van der Waals surface area contributed by atoms with Gasteiger partial charge in [-0.3, -0.25) is 14.9 Å². The van der Waals surface area contributed by atoms with Gasteiger partial charge in [0.2, 0.25) is 0 Å². The molecule has 0 aliphatic carbocycles. The third-order valence-corrected chi connectivity index (χ3v) is 3.21. The maximum atomic E-state index is 12.2. The summed E-state index contributed by atoms with van der Waals surface area (Å²) in [5, 5.41) is 22.4. The fraction of sp³-hybridized carbons (Fsp3) is 0.176. The van der Waals surface area contributed by atoms with Gasteiger partial charge in [0.05, 0.1) is 24.0 Å². The highest BCUT2D eigenvalue weighted by Crippen LogP contribution is 2.28. The molecule has 0 aliphatic rings. The molecule has 0 bridgehead atoms. The van der Waals surface area contributed by atoms with E-state index in [1.807, 2.05) is 6.07 Å². The molecule has 24 heavy (non-hydrogen) atoms. The number of rotatable bonds is 6. The molecule has 2 rings (SSSR count). The van der Waals surface area contributed by atoms with Gasteiger partial charge in [-0.15, -0.1) is 0 Å². The van der Waals surface area contributed by atoms with Crippen molar-refractivity contribution >= 4 is 17.3 Å². The number of nitro groups is 1. The van der Waals surface area contributed by atoms with Crippen molar-refractivity contribution < 1.29 is 14.5 Å². The first-order valence-electron chi connectivity index (χ1n) is 7.23. The van der Waals surface area contributed by atoms with E-state index in [0.717, 1.165) is 5.56 Å². The smallest absolute Gasteiger partial charge is 0.311 e. The summed E-state index contributed by atoms with van der Waals surface area (Å²) >= 11 is 0. The number of anilines is 1. The molecule has 2 aromatic carbocycles. The Morgan fingerprint density at radius 3 is 2.58 bits per heavy atom. The van der Waals surface area contributed by atoms with Crippen LogP contribution < -0.4 is 10.1 Å². The first-order valence-corrected chi connectivity index (χ1v) is 7.23. The number of benzene rings is 2. The van der Waals surface area contributed by atoms with Crippen LogP contribution in [-0.4, -0.2) is 17.4 Å². The molecule has 0 radical (unpaired) electrons. The Morgan fingerprint density at radius 2 is 2.00 bits per heavy atom. The van der Waals surface area contributed by atoms with Gasteiger partial charge in [0, 0.05) is 17.3 Å². The third-order valence-electron chi connectivity index (χ3n) is 3.21. The Labute approximate surface area is 138 Å². The molecule has 0 spiro atoms. The number of nitrogens with one attached hydrogen (secondary N) is 1. The zero-order valence-corrected chi connectivity index (χ0v) is 13.0. The molecule has 0 saturated carbocycles. The lowest BCUT2D eigenvalue weighted by molar-refractivity contribution is -0.385. The summed E-state index contributed by atoms with van der Waals surface area (Å²) in [5.74, 6) is -0.339. The predicted octanol–water partition coefficient (Wildman–Crippen LogP) is 3.31. The molecule has 0 heterocycles. The second-order valence-corrected chi connectivity index (χ2v) is 4.86. The lowest BCUT2D eigenvalue weighted by Crippen LogP contribution is -2.12. The molecule has 1 N–H and O–H groups in total. The second-order valence-electron chi connectivity index (χ2n) is 4.86. The van der Waals surface area contributed by atoms with Crippen molar-refractivity contribution in [3.8, 4) is 11.8 Å². The molecule has 2 aromatic rings. The minimum atomic E-state index is -0.585. The third kappa shape index (κ3) is 4.08. The van der Waals surface area contributed by atoms with E-state index in [-0.39, 0.29) is 17.0 Å². The van der Waals surface area contributed by atoms with Crippen LogP contribution >= 0.6 is 0 Å². The Morgan fingerprint density at radius 1 is 1.29 bits per heavy atom. The quantitative estimate of drug-likeness (QED) is 0.648. The average Bonchev–Trinajstić information content (AvgIpc) is 2.57. The van der Waals surface area contributed by atoms with Crippen LogP contribution in [0.5, 0.6) is 5.75 Å². The summed E-state index contributed by atoms with van der Waals surface area (Å²) in [5.41, 5.74) is 1.28. The number of nitrogens with zero attached hydrogens (tertiary/aromatic N) is 2. The summed E-state index contributed by atoms with van der Waals surface area (Å²) < 4.78 is 5.19. The number of carbonyl (C=O) groups is 1. The highest BCUT2D eigenvalue weighted by atomic mass is 16.6. The Balaban J connectivity index is 2.18. The van der Waals surface area contributed by atoms with Crippen molar-refractivity contribution in [3.63, 3.8) is 0 Å². The van der Waals surface area contributed by atoms with E-state index in [9.17, 15) is 14.9 Å². The lowest BCUT2D eigenvalue weighted by atomic mass is 10.1. The van der Waals surface area contributed by atoms with Crippen molar-refractivity contribution in [1.82, 2.24) is 0 Å². The van der Waals surface area contributed by atoms with Crippen LogP contribution in [0, 0.1) is 21.4 Å². The number of nitro benzene ring substituents is 1. The fourth-order valence-electron chi connectivity index (χ4n) is 2.08. The van der Waals surface area contributed by atoms with E-state index in [4.69, 9.17) is 10.00 Å². The molecule has 0 atom stereocenters. The molecule has 7 heteroatoms. The summed E-state index contributed by atoms with van der Waals surface area (Å²) in [7, 11) is 0. The topological polar surface area (TPSA) is 105 Å². The van der Waals surface area contributed by atoms with Gasteiger partial charge in [0.25, 0.3) is 5.91 Å². The van der Waals surface area contributed by atoms with Crippen molar-refractivity contribution in [2.24, 2.45) is 0 Å². The van der Waals surface area contributed by atoms with E-state index in [0.29, 0.717) is 18.7 Å². The molecule has 0 unspecified atom stereocenters. The Bertz CT molecular complexity index is 794. The van der Waals surface area contributed by atoms with Crippen LogP contribution in [0.4, 0.5) is 11.4 Å². The molecule has 0 fully saturated rings. The maximum Gasteiger partial charge on any atom is 0.311 e. The van der Waals surface area contributed by atoms with Crippen LogP contribution in [0.2, 0.25) is 0 Å². The largest absolute Gasteiger partial charge is 0.487 e. The van der Waals surface area contributed by atoms with Crippen molar-refractivity contribution in [1.29, 1.82) is 5.26 Å². The van der Waals surface area contributed by atoms with Crippen LogP contribution in [0.15, 0.2) is 42.5 Å². The van der Waals surface area contributed by atoms with Crippen LogP contribution in [0.25, 0.3) is 0 Å². The van der Waals surface area contributed by atoms with Gasteiger partial charge in [0.1, 0.15) is 0 Å². The van der Waals surface area contributed by atoms with Crippen molar-refractivity contribution in [2.75, 3.05) is 11.9 Å². The van der Waals surface area contributed by atoms with Gasteiger partial charge < -0.3 is 10.1 Å². The normalized spacial score (nSPS) is 9.83. The molecule has 7 nitrogen and oxygen atoms in total. The van der Waals surface area contributed by atoms with E-state index in [1.165, 1.54) is 18.2 Å². The average molecular weight is 325 g/mol. The monoisotopic (exact) mass is 325 g/mol. The molecular formula is C17H15N3O4. The van der Waals surface area contributed by atoms with Crippen molar-refractivity contribution in [2.45, 2.75) is 13.3 Å². The molecule has 0 saturated heterocycles. The molecule has 122 valence electrons. The molecule has 1 amide bonds. The van der Waals surface area contributed by atoms with Gasteiger partial charge in [-0.25, -0.2) is 0 Å². The van der Waals surface area contributed by atoms with Gasteiger partial charge in [-0.2, -0.15) is 5.26 Å². The number of nitriles is 1. The molecule has 0 aromatic heterocycles. The highest BCUT2D eigenvalue weighted by Gasteiger charge is 2.18. The SMILES string of the molecule is CCOc1ccc(C(=O)Nc2ccc(CC#N)cc2)cc1[N+](=O)[O-]. The first kappa shape index (κ1) is 17.0. The number of amides is 1. The number of hydrogen-bond acceptors (Lipinski definition) is 5. The number of carbonyl (C=O) groups excluding carboxylic acids is 1. The standard InChI is InChI=1S/C17H15N3O4/c1-2-24-16-8-5-13(11-15(16)20(22)23)17(21)19-14-6-3-12(4-7-14)9-10-18/h3-8,11H,2,9H2,1H3,(H,19,21). The summed E-state index contributed by atoms with van der Waals surface area (Å²) in [4.78, 5) is 22.8. The minimum absolute atomic E-state index is 0.125. The summed E-state index contributed by atoms with van der Waals surface area (Å²) in [6.45, 7) is 2.02. The van der Waals surface area contributed by atoms with Gasteiger partial charge in [-0.1, -0.05) is 12.1 Å². The lowest BCUT2D eigenvalue weighted by Gasteiger charge is -2.08. The zero-order chi connectivity index (χ0) is 17.5. The zero-order valence-electron chi connectivity index (χ0n) is 13.0. The van der Waals surface area contributed by atoms with E-state index >= 15 is 0 Å². The van der Waals surface area contributed by atoms with E-state index < -0.39 is 10.8 Å². The summed E-state index contributed by atoms with van der Waals surface area (Å²) in [6, 6.07) is 12.9. The van der Waals surface area contributed by atoms with Gasteiger partial charge in [-0.05, 0) is 36.8 Å². The van der Waals surface area contributed by atoms with E-state index in [2.05, 4.69) is 5.32 Å². The Hall–Kier alpha value is -3.40. The van der Waals surface area contributed by atoms with Gasteiger partial charge in [0.15, 0.2) is 5.75 Å². The van der Waals surface area contributed by atoms with E-state index in [1.54, 1.807) is 31.2 Å².